The van der Waals surface area contributed by atoms with Crippen LogP contribution in [0.5, 0.6) is 11.5 Å². The Labute approximate surface area is 202 Å². The quantitative estimate of drug-likeness (QED) is 0.490. The van der Waals surface area contributed by atoms with Crippen molar-refractivity contribution in [3.8, 4) is 22.3 Å². The van der Waals surface area contributed by atoms with Crippen LogP contribution in [0.2, 0.25) is 0 Å². The SMILES string of the molecule is Cc1oc(-c2cccs2)nc1CC(=O)NCCN1C(=O)SC(=Cc2ccc3c(c2)OCO3)C1=O. The van der Waals surface area contributed by atoms with Gasteiger partial charge in [-0.3, -0.25) is 19.3 Å². The Morgan fingerprint density at radius 2 is 2.09 bits per heavy atom. The lowest BCUT2D eigenvalue weighted by Crippen LogP contribution is -2.37. The van der Waals surface area contributed by atoms with Gasteiger partial charge in [0.15, 0.2) is 11.5 Å². The number of oxazole rings is 1. The molecular formula is C23H19N3O6S2. The number of ether oxygens (including phenoxy) is 2. The van der Waals surface area contributed by atoms with Gasteiger partial charge < -0.3 is 19.2 Å². The molecule has 174 valence electrons. The van der Waals surface area contributed by atoms with Crippen molar-refractivity contribution in [1.29, 1.82) is 0 Å². The highest BCUT2D eigenvalue weighted by Gasteiger charge is 2.34. The van der Waals surface area contributed by atoms with Crippen molar-refractivity contribution in [3.63, 3.8) is 0 Å². The number of aromatic nitrogens is 1. The second-order valence-corrected chi connectivity index (χ2v) is 9.41. The van der Waals surface area contributed by atoms with E-state index in [-0.39, 0.29) is 37.4 Å². The summed E-state index contributed by atoms with van der Waals surface area (Å²) < 4.78 is 16.3. The van der Waals surface area contributed by atoms with E-state index in [4.69, 9.17) is 13.9 Å². The molecular weight excluding hydrogens is 478 g/mol. The average Bonchev–Trinajstić information content (AvgIpc) is 3.60. The molecule has 0 unspecified atom stereocenters. The first-order valence-electron chi connectivity index (χ1n) is 10.4. The van der Waals surface area contributed by atoms with Gasteiger partial charge in [-0.05, 0) is 53.9 Å². The molecule has 2 aromatic heterocycles. The first kappa shape index (κ1) is 22.2. The van der Waals surface area contributed by atoms with E-state index in [1.807, 2.05) is 17.5 Å². The average molecular weight is 498 g/mol. The largest absolute Gasteiger partial charge is 0.454 e. The number of rotatable bonds is 7. The number of amides is 3. The number of imide groups is 1. The lowest BCUT2D eigenvalue weighted by atomic mass is 10.2. The van der Waals surface area contributed by atoms with Crippen LogP contribution in [0.3, 0.4) is 0 Å². The minimum atomic E-state index is -0.394. The summed E-state index contributed by atoms with van der Waals surface area (Å²) in [6.45, 7) is 2.14. The predicted octanol–water partition coefficient (Wildman–Crippen LogP) is 3.84. The molecule has 0 radical (unpaired) electrons. The van der Waals surface area contributed by atoms with E-state index in [1.54, 1.807) is 31.2 Å². The molecule has 0 saturated carbocycles. The lowest BCUT2D eigenvalue weighted by Gasteiger charge is -2.12. The number of nitrogens with zero attached hydrogens (tertiary/aromatic N) is 2. The van der Waals surface area contributed by atoms with Gasteiger partial charge in [0.25, 0.3) is 11.1 Å². The summed E-state index contributed by atoms with van der Waals surface area (Å²) in [6.07, 6.45) is 1.69. The first-order valence-corrected chi connectivity index (χ1v) is 12.1. The van der Waals surface area contributed by atoms with Gasteiger partial charge in [0.05, 0.1) is 21.9 Å². The molecule has 9 nitrogen and oxygen atoms in total. The number of thiophene rings is 1. The number of carbonyl (C=O) groups excluding carboxylic acids is 3. The van der Waals surface area contributed by atoms with Crippen LogP contribution in [-0.2, 0) is 16.0 Å². The molecule has 0 spiro atoms. The number of hydrogen-bond donors (Lipinski definition) is 1. The van der Waals surface area contributed by atoms with Crippen molar-refractivity contribution in [3.05, 3.63) is 57.6 Å². The van der Waals surface area contributed by atoms with Crippen molar-refractivity contribution in [2.75, 3.05) is 19.9 Å². The van der Waals surface area contributed by atoms with Gasteiger partial charge in [-0.2, -0.15) is 0 Å². The van der Waals surface area contributed by atoms with Gasteiger partial charge in [-0.1, -0.05) is 12.1 Å². The van der Waals surface area contributed by atoms with E-state index in [9.17, 15) is 14.4 Å². The molecule has 3 aromatic rings. The fourth-order valence-electron chi connectivity index (χ4n) is 3.47. The molecule has 0 bridgehead atoms. The summed E-state index contributed by atoms with van der Waals surface area (Å²) in [7, 11) is 0. The third-order valence-corrected chi connectivity index (χ3v) is 6.94. The molecule has 1 saturated heterocycles. The molecule has 2 aliphatic heterocycles. The molecule has 1 fully saturated rings. The Balaban J connectivity index is 1.15. The number of thioether (sulfide) groups is 1. The van der Waals surface area contributed by atoms with Crippen molar-refractivity contribution in [2.45, 2.75) is 13.3 Å². The molecule has 0 aliphatic carbocycles. The number of nitrogens with one attached hydrogen (secondary N) is 1. The van der Waals surface area contributed by atoms with E-state index in [2.05, 4.69) is 10.3 Å². The molecule has 1 aromatic carbocycles. The maximum atomic E-state index is 12.7. The Bertz CT molecular complexity index is 1300. The molecule has 34 heavy (non-hydrogen) atoms. The number of aryl methyl sites for hydroxylation is 1. The van der Waals surface area contributed by atoms with Gasteiger partial charge in [-0.25, -0.2) is 4.98 Å². The van der Waals surface area contributed by atoms with Crippen LogP contribution in [0.4, 0.5) is 4.79 Å². The van der Waals surface area contributed by atoms with Crippen molar-refractivity contribution >= 4 is 46.2 Å². The Morgan fingerprint density at radius 3 is 2.91 bits per heavy atom. The molecule has 0 atom stereocenters. The van der Waals surface area contributed by atoms with E-state index >= 15 is 0 Å². The normalized spacial score (nSPS) is 16.0. The van der Waals surface area contributed by atoms with E-state index in [0.29, 0.717) is 33.7 Å². The zero-order chi connectivity index (χ0) is 23.7. The number of carbonyl (C=O) groups is 3. The van der Waals surface area contributed by atoms with Gasteiger partial charge in [0.2, 0.25) is 18.6 Å². The standard InChI is InChI=1S/C23H19N3O6S2/c1-13-15(25-21(32-13)18-3-2-8-33-18)11-20(27)24-6-7-26-22(28)19(34-23(26)29)10-14-4-5-16-17(9-14)31-12-30-16/h2-5,8-10H,6-7,11-12H2,1H3,(H,24,27). The smallest absolute Gasteiger partial charge is 0.293 e. The summed E-state index contributed by atoms with van der Waals surface area (Å²) in [6, 6.07) is 9.11. The fraction of sp³-hybridized carbons (Fsp3) is 0.217. The third kappa shape index (κ3) is 4.57. The highest BCUT2D eigenvalue weighted by Crippen LogP contribution is 2.36. The van der Waals surface area contributed by atoms with Crippen LogP contribution < -0.4 is 14.8 Å². The number of fused-ring (bicyclic) bond motifs is 1. The molecule has 3 amide bonds. The van der Waals surface area contributed by atoms with Crippen LogP contribution in [-0.4, -0.2) is 46.8 Å². The second-order valence-electron chi connectivity index (χ2n) is 7.47. The third-order valence-electron chi connectivity index (χ3n) is 5.18. The van der Waals surface area contributed by atoms with Gasteiger partial charge >= 0.3 is 0 Å². The van der Waals surface area contributed by atoms with Gasteiger partial charge in [0.1, 0.15) is 5.76 Å². The monoisotopic (exact) mass is 497 g/mol. The van der Waals surface area contributed by atoms with Crippen LogP contribution >= 0.6 is 23.1 Å². The summed E-state index contributed by atoms with van der Waals surface area (Å²) in [5, 5.41) is 4.29. The summed E-state index contributed by atoms with van der Waals surface area (Å²) in [5.74, 6) is 1.65. The molecule has 11 heteroatoms. The van der Waals surface area contributed by atoms with E-state index in [1.165, 1.54) is 11.3 Å². The van der Waals surface area contributed by atoms with Crippen LogP contribution in [0.15, 0.2) is 45.0 Å². The van der Waals surface area contributed by atoms with E-state index < -0.39 is 5.91 Å². The molecule has 5 rings (SSSR count). The van der Waals surface area contributed by atoms with Crippen LogP contribution in [0, 0.1) is 6.92 Å². The minimum absolute atomic E-state index is 0.0482. The molecule has 1 N–H and O–H groups in total. The van der Waals surface area contributed by atoms with Gasteiger partial charge in [-0.15, -0.1) is 11.3 Å². The van der Waals surface area contributed by atoms with Crippen molar-refractivity contribution in [2.24, 2.45) is 0 Å². The molecule has 2 aliphatic rings. The first-order chi connectivity index (χ1) is 16.5. The summed E-state index contributed by atoms with van der Waals surface area (Å²) >= 11 is 2.37. The highest BCUT2D eigenvalue weighted by atomic mass is 32.2. The zero-order valence-corrected chi connectivity index (χ0v) is 19.7. The Kier molecular flexibility index (Phi) is 6.12. The van der Waals surface area contributed by atoms with E-state index in [0.717, 1.165) is 27.1 Å². The predicted molar refractivity (Wildman–Crippen MR) is 127 cm³/mol. The van der Waals surface area contributed by atoms with Gasteiger partial charge in [0, 0.05) is 13.1 Å². The number of hydrogen-bond acceptors (Lipinski definition) is 9. The minimum Gasteiger partial charge on any atom is -0.454 e. The Morgan fingerprint density at radius 1 is 1.24 bits per heavy atom. The van der Waals surface area contributed by atoms with Crippen molar-refractivity contribution in [1.82, 2.24) is 15.2 Å². The maximum Gasteiger partial charge on any atom is 0.293 e. The summed E-state index contributed by atoms with van der Waals surface area (Å²) in [4.78, 5) is 44.2. The summed E-state index contributed by atoms with van der Waals surface area (Å²) in [5.41, 5.74) is 1.28. The highest BCUT2D eigenvalue weighted by molar-refractivity contribution is 8.18. The Hall–Kier alpha value is -3.57. The lowest BCUT2D eigenvalue weighted by molar-refractivity contribution is -0.124. The van der Waals surface area contributed by atoms with Crippen molar-refractivity contribution < 1.29 is 28.3 Å². The number of benzene rings is 1. The maximum absolute atomic E-state index is 12.7. The fourth-order valence-corrected chi connectivity index (χ4v) is 4.98. The second kappa shape index (κ2) is 9.35. The van der Waals surface area contributed by atoms with Crippen LogP contribution in [0.25, 0.3) is 16.8 Å². The van der Waals surface area contributed by atoms with Crippen LogP contribution in [0.1, 0.15) is 17.0 Å². The zero-order valence-electron chi connectivity index (χ0n) is 18.0. The topological polar surface area (TPSA) is 111 Å². The molecule has 4 heterocycles.